The first-order chi connectivity index (χ1) is 9.69. The number of amides is 1. The van der Waals surface area contributed by atoms with Gasteiger partial charge in [0, 0.05) is 6.04 Å². The molecule has 2 aliphatic rings. The maximum absolute atomic E-state index is 12.2. The third kappa shape index (κ3) is 3.71. The summed E-state index contributed by atoms with van der Waals surface area (Å²) in [5.74, 6) is -0.0752. The molecule has 1 unspecified atom stereocenters. The van der Waals surface area contributed by atoms with E-state index in [1.165, 1.54) is 0 Å². The molecule has 2 N–H and O–H groups in total. The van der Waals surface area contributed by atoms with Crippen molar-refractivity contribution in [3.8, 4) is 6.07 Å². The van der Waals surface area contributed by atoms with Gasteiger partial charge in [0.15, 0.2) is 0 Å². The first kappa shape index (κ1) is 15.3. The number of likely N-dealkylation sites (tertiary alicyclic amines) is 1. The lowest BCUT2D eigenvalue weighted by Gasteiger charge is -2.29. The fourth-order valence-corrected chi connectivity index (χ4v) is 3.39. The van der Waals surface area contributed by atoms with Gasteiger partial charge >= 0.3 is 0 Å². The van der Waals surface area contributed by atoms with Crippen LogP contribution >= 0.6 is 0 Å². The number of nitrogens with one attached hydrogen (secondary N) is 1. The van der Waals surface area contributed by atoms with Crippen LogP contribution in [0, 0.1) is 11.3 Å². The Hall–Kier alpha value is -1.12. The van der Waals surface area contributed by atoms with Gasteiger partial charge in [0.1, 0.15) is 5.54 Å². The number of nitrogens with zero attached hydrogens (tertiary/aromatic N) is 2. The lowest BCUT2D eigenvalue weighted by atomic mass is 10.00. The van der Waals surface area contributed by atoms with Crippen molar-refractivity contribution in [3.63, 3.8) is 0 Å². The standard InChI is InChI=1S/C15H25N3O2/c16-12-15(7-3-4-8-15)17-14(20)10-18-9-5-1-2-6-13(18)11-19/h13,19H,1-11H2,(H,17,20). The molecular weight excluding hydrogens is 254 g/mol. The highest BCUT2D eigenvalue weighted by molar-refractivity contribution is 5.79. The molecule has 2 rings (SSSR count). The third-order valence-electron chi connectivity index (χ3n) is 4.61. The van der Waals surface area contributed by atoms with E-state index in [0.717, 1.165) is 57.9 Å². The third-order valence-corrected chi connectivity index (χ3v) is 4.61. The van der Waals surface area contributed by atoms with Crippen molar-refractivity contribution in [2.24, 2.45) is 0 Å². The molecule has 0 aromatic carbocycles. The lowest BCUT2D eigenvalue weighted by Crippen LogP contribution is -2.51. The molecule has 5 nitrogen and oxygen atoms in total. The highest BCUT2D eigenvalue weighted by Crippen LogP contribution is 2.28. The van der Waals surface area contributed by atoms with E-state index in [-0.39, 0.29) is 18.6 Å². The zero-order valence-corrected chi connectivity index (χ0v) is 12.1. The zero-order chi connectivity index (χ0) is 14.4. The smallest absolute Gasteiger partial charge is 0.235 e. The average molecular weight is 279 g/mol. The van der Waals surface area contributed by atoms with Gasteiger partial charge in [0.2, 0.25) is 5.91 Å². The van der Waals surface area contributed by atoms with Gasteiger partial charge in [-0.25, -0.2) is 0 Å². The van der Waals surface area contributed by atoms with E-state index in [2.05, 4.69) is 16.3 Å². The van der Waals surface area contributed by atoms with Crippen molar-refractivity contribution in [1.82, 2.24) is 10.2 Å². The SMILES string of the molecule is N#CC1(NC(=O)CN2CCCCCC2CO)CCCC1. The van der Waals surface area contributed by atoms with Gasteiger partial charge in [0.25, 0.3) is 0 Å². The van der Waals surface area contributed by atoms with Crippen LogP contribution in [0.3, 0.4) is 0 Å². The van der Waals surface area contributed by atoms with Crippen molar-refractivity contribution < 1.29 is 9.90 Å². The molecule has 2 fully saturated rings. The van der Waals surface area contributed by atoms with Gasteiger partial charge in [0.05, 0.1) is 19.2 Å². The molecule has 20 heavy (non-hydrogen) atoms. The number of rotatable bonds is 4. The predicted molar refractivity (Wildman–Crippen MR) is 75.9 cm³/mol. The summed E-state index contributed by atoms with van der Waals surface area (Å²) >= 11 is 0. The second kappa shape index (κ2) is 7.05. The van der Waals surface area contributed by atoms with E-state index < -0.39 is 5.54 Å². The molecule has 1 saturated carbocycles. The second-order valence-corrected chi connectivity index (χ2v) is 6.11. The van der Waals surface area contributed by atoms with Crippen LogP contribution in [-0.4, -0.2) is 47.2 Å². The molecule has 1 saturated heterocycles. The Labute approximate surface area is 120 Å². The summed E-state index contributed by atoms with van der Waals surface area (Å²) in [6.07, 6.45) is 7.85. The minimum absolute atomic E-state index is 0.0752. The topological polar surface area (TPSA) is 76.4 Å². The molecule has 0 bridgehead atoms. The number of aliphatic hydroxyl groups excluding tert-OH is 1. The molecule has 0 radical (unpaired) electrons. The Morgan fingerprint density at radius 1 is 1.30 bits per heavy atom. The number of carbonyl (C=O) groups is 1. The Balaban J connectivity index is 1.91. The maximum Gasteiger partial charge on any atom is 0.235 e. The van der Waals surface area contributed by atoms with Gasteiger partial charge in [-0.1, -0.05) is 12.8 Å². The quantitative estimate of drug-likeness (QED) is 0.810. The summed E-state index contributed by atoms with van der Waals surface area (Å²) in [5.41, 5.74) is -0.641. The Bertz CT molecular complexity index is 372. The lowest BCUT2D eigenvalue weighted by molar-refractivity contribution is -0.124. The number of carbonyl (C=O) groups excluding carboxylic acids is 1. The first-order valence-corrected chi connectivity index (χ1v) is 7.76. The molecule has 1 amide bonds. The van der Waals surface area contributed by atoms with Crippen molar-refractivity contribution in [1.29, 1.82) is 5.26 Å². The minimum atomic E-state index is -0.641. The predicted octanol–water partition coefficient (Wildman–Crippen LogP) is 1.18. The van der Waals surface area contributed by atoms with Crippen molar-refractivity contribution in [2.45, 2.75) is 62.9 Å². The average Bonchev–Trinajstić information content (AvgIpc) is 2.79. The molecule has 1 heterocycles. The van der Waals surface area contributed by atoms with Crippen molar-refractivity contribution in [2.75, 3.05) is 19.7 Å². The van der Waals surface area contributed by atoms with Gasteiger partial charge in [-0.3, -0.25) is 9.69 Å². The van der Waals surface area contributed by atoms with Crippen LogP contribution < -0.4 is 5.32 Å². The van der Waals surface area contributed by atoms with Crippen LogP contribution in [0.25, 0.3) is 0 Å². The molecule has 5 heteroatoms. The molecule has 0 spiro atoms. The number of hydrogen-bond acceptors (Lipinski definition) is 4. The van der Waals surface area contributed by atoms with E-state index in [1.807, 2.05) is 0 Å². The summed E-state index contributed by atoms with van der Waals surface area (Å²) in [6.45, 7) is 1.27. The van der Waals surface area contributed by atoms with Gasteiger partial charge in [-0.05, 0) is 45.1 Å². The molecule has 1 atom stereocenters. The number of aliphatic hydroxyl groups is 1. The summed E-state index contributed by atoms with van der Waals surface area (Å²) in [7, 11) is 0. The van der Waals surface area contributed by atoms with Gasteiger partial charge in [-0.2, -0.15) is 5.26 Å². The van der Waals surface area contributed by atoms with Gasteiger partial charge < -0.3 is 10.4 Å². The van der Waals surface area contributed by atoms with E-state index in [1.54, 1.807) is 0 Å². The van der Waals surface area contributed by atoms with Crippen LogP contribution in [0.15, 0.2) is 0 Å². The fourth-order valence-electron chi connectivity index (χ4n) is 3.39. The molecule has 1 aliphatic heterocycles. The van der Waals surface area contributed by atoms with Crippen LogP contribution in [0.4, 0.5) is 0 Å². The van der Waals surface area contributed by atoms with E-state index in [9.17, 15) is 15.2 Å². The number of hydrogen-bond donors (Lipinski definition) is 2. The summed E-state index contributed by atoms with van der Waals surface area (Å²) in [5, 5.41) is 21.7. The molecule has 0 aromatic heterocycles. The first-order valence-electron chi connectivity index (χ1n) is 7.76. The monoisotopic (exact) mass is 279 g/mol. The van der Waals surface area contributed by atoms with Crippen LogP contribution in [0.1, 0.15) is 51.4 Å². The van der Waals surface area contributed by atoms with Gasteiger partial charge in [-0.15, -0.1) is 0 Å². The van der Waals surface area contributed by atoms with Crippen molar-refractivity contribution in [3.05, 3.63) is 0 Å². The van der Waals surface area contributed by atoms with E-state index in [4.69, 9.17) is 0 Å². The van der Waals surface area contributed by atoms with Crippen LogP contribution in [-0.2, 0) is 4.79 Å². The fraction of sp³-hybridized carbons (Fsp3) is 0.867. The molecular formula is C15H25N3O2. The van der Waals surface area contributed by atoms with Crippen molar-refractivity contribution >= 4 is 5.91 Å². The van der Waals surface area contributed by atoms with Crippen LogP contribution in [0.5, 0.6) is 0 Å². The molecule has 1 aliphatic carbocycles. The summed E-state index contributed by atoms with van der Waals surface area (Å²) < 4.78 is 0. The molecule has 112 valence electrons. The Morgan fingerprint density at radius 2 is 2.05 bits per heavy atom. The highest BCUT2D eigenvalue weighted by atomic mass is 16.3. The normalized spacial score (nSPS) is 26.7. The number of nitriles is 1. The Kier molecular flexibility index (Phi) is 5.38. The highest BCUT2D eigenvalue weighted by Gasteiger charge is 2.36. The second-order valence-electron chi connectivity index (χ2n) is 6.11. The maximum atomic E-state index is 12.2. The largest absolute Gasteiger partial charge is 0.395 e. The summed E-state index contributed by atoms with van der Waals surface area (Å²) in [4.78, 5) is 14.3. The van der Waals surface area contributed by atoms with E-state index in [0.29, 0.717) is 6.54 Å². The summed E-state index contributed by atoms with van der Waals surface area (Å²) in [6, 6.07) is 2.37. The van der Waals surface area contributed by atoms with Crippen LogP contribution in [0.2, 0.25) is 0 Å². The minimum Gasteiger partial charge on any atom is -0.395 e. The molecule has 0 aromatic rings. The van der Waals surface area contributed by atoms with E-state index >= 15 is 0 Å². The Morgan fingerprint density at radius 3 is 2.70 bits per heavy atom. The zero-order valence-electron chi connectivity index (χ0n) is 12.1.